The molecule has 92 valence electrons. The highest BCUT2D eigenvalue weighted by molar-refractivity contribution is 7.99. The SMILES string of the molecule is Nc1cc(F)c(Sc2ncccn2)cc1C(=O)O. The summed E-state index contributed by atoms with van der Waals surface area (Å²) in [6.45, 7) is 0. The summed E-state index contributed by atoms with van der Waals surface area (Å²) < 4.78 is 13.6. The molecule has 18 heavy (non-hydrogen) atoms. The summed E-state index contributed by atoms with van der Waals surface area (Å²) in [5, 5.41) is 9.24. The second kappa shape index (κ2) is 5.01. The lowest BCUT2D eigenvalue weighted by atomic mass is 10.2. The van der Waals surface area contributed by atoms with Crippen LogP contribution in [-0.2, 0) is 0 Å². The Labute approximate surface area is 106 Å². The average Bonchev–Trinajstić information content (AvgIpc) is 2.33. The van der Waals surface area contributed by atoms with E-state index in [1.54, 1.807) is 6.07 Å². The van der Waals surface area contributed by atoms with Crippen LogP contribution in [-0.4, -0.2) is 21.0 Å². The van der Waals surface area contributed by atoms with E-state index >= 15 is 0 Å². The number of anilines is 1. The zero-order valence-electron chi connectivity index (χ0n) is 9.00. The Kier molecular flexibility index (Phi) is 3.42. The molecule has 1 aromatic heterocycles. The first kappa shape index (κ1) is 12.3. The van der Waals surface area contributed by atoms with Crippen molar-refractivity contribution in [2.45, 2.75) is 10.1 Å². The zero-order chi connectivity index (χ0) is 13.1. The summed E-state index contributed by atoms with van der Waals surface area (Å²) in [6, 6.07) is 3.79. The average molecular weight is 265 g/mol. The van der Waals surface area contributed by atoms with Crippen molar-refractivity contribution in [1.29, 1.82) is 0 Å². The van der Waals surface area contributed by atoms with Gasteiger partial charge in [-0.05, 0) is 30.0 Å². The van der Waals surface area contributed by atoms with Gasteiger partial charge in [0.1, 0.15) is 5.82 Å². The molecule has 0 aliphatic heterocycles. The molecule has 1 heterocycles. The number of hydrogen-bond donors (Lipinski definition) is 2. The molecule has 0 spiro atoms. The van der Waals surface area contributed by atoms with Gasteiger partial charge in [-0.1, -0.05) is 0 Å². The Morgan fingerprint density at radius 1 is 1.33 bits per heavy atom. The number of aromatic carboxylic acids is 1. The number of hydrogen-bond acceptors (Lipinski definition) is 5. The summed E-state index contributed by atoms with van der Waals surface area (Å²) >= 11 is 0.938. The minimum Gasteiger partial charge on any atom is -0.478 e. The maximum Gasteiger partial charge on any atom is 0.337 e. The van der Waals surface area contributed by atoms with Gasteiger partial charge >= 0.3 is 5.97 Å². The highest BCUT2D eigenvalue weighted by atomic mass is 32.2. The van der Waals surface area contributed by atoms with Crippen LogP contribution in [0.25, 0.3) is 0 Å². The summed E-state index contributed by atoms with van der Waals surface area (Å²) in [5.74, 6) is -1.81. The van der Waals surface area contributed by atoms with Gasteiger partial charge in [0.2, 0.25) is 0 Å². The Hall–Kier alpha value is -2.15. The number of halogens is 1. The molecule has 2 rings (SSSR count). The molecule has 7 heteroatoms. The van der Waals surface area contributed by atoms with Crippen molar-refractivity contribution in [3.8, 4) is 0 Å². The number of benzene rings is 1. The quantitative estimate of drug-likeness (QED) is 0.652. The van der Waals surface area contributed by atoms with E-state index in [0.717, 1.165) is 17.8 Å². The number of carboxylic acid groups (broad SMARTS) is 1. The zero-order valence-corrected chi connectivity index (χ0v) is 9.82. The number of aromatic nitrogens is 2. The molecular weight excluding hydrogens is 257 g/mol. The molecule has 2 aromatic rings. The van der Waals surface area contributed by atoms with Crippen molar-refractivity contribution in [1.82, 2.24) is 9.97 Å². The van der Waals surface area contributed by atoms with Gasteiger partial charge in [0.25, 0.3) is 0 Å². The minimum atomic E-state index is -1.21. The largest absolute Gasteiger partial charge is 0.478 e. The van der Waals surface area contributed by atoms with Gasteiger partial charge in [-0.25, -0.2) is 19.2 Å². The topological polar surface area (TPSA) is 89.1 Å². The van der Waals surface area contributed by atoms with Crippen LogP contribution in [0.15, 0.2) is 40.6 Å². The number of rotatable bonds is 3. The molecule has 0 unspecified atom stereocenters. The van der Waals surface area contributed by atoms with Crippen molar-refractivity contribution in [2.24, 2.45) is 0 Å². The Bertz CT molecular complexity index is 592. The van der Waals surface area contributed by atoms with Gasteiger partial charge in [-0.2, -0.15) is 0 Å². The van der Waals surface area contributed by atoms with Crippen molar-refractivity contribution in [3.63, 3.8) is 0 Å². The fourth-order valence-corrected chi connectivity index (χ4v) is 2.03. The second-order valence-electron chi connectivity index (χ2n) is 3.31. The molecule has 0 saturated heterocycles. The molecule has 0 aliphatic carbocycles. The summed E-state index contributed by atoms with van der Waals surface area (Å²) in [5.41, 5.74) is 5.17. The predicted molar refractivity (Wildman–Crippen MR) is 63.9 cm³/mol. The molecule has 0 atom stereocenters. The van der Waals surface area contributed by atoms with E-state index < -0.39 is 11.8 Å². The first-order valence-corrected chi connectivity index (χ1v) is 5.67. The molecular formula is C11H8FN3O2S. The molecule has 0 fully saturated rings. The number of carbonyl (C=O) groups is 1. The lowest BCUT2D eigenvalue weighted by Crippen LogP contribution is -2.03. The van der Waals surface area contributed by atoms with Crippen LogP contribution in [0.2, 0.25) is 0 Å². The smallest absolute Gasteiger partial charge is 0.337 e. The summed E-state index contributed by atoms with van der Waals surface area (Å²) in [6.07, 6.45) is 3.03. The molecule has 0 saturated carbocycles. The van der Waals surface area contributed by atoms with E-state index in [-0.39, 0.29) is 16.1 Å². The standard InChI is InChI=1S/C11H8FN3O2S/c12-7-5-8(13)6(10(16)17)4-9(7)18-11-14-2-1-3-15-11/h1-5H,13H2,(H,16,17). The highest BCUT2D eigenvalue weighted by Crippen LogP contribution is 2.30. The van der Waals surface area contributed by atoms with Crippen LogP contribution < -0.4 is 5.73 Å². The molecule has 0 amide bonds. The third-order valence-corrected chi connectivity index (χ3v) is 3.00. The van der Waals surface area contributed by atoms with Crippen LogP contribution in [0, 0.1) is 5.82 Å². The summed E-state index contributed by atoms with van der Waals surface area (Å²) in [7, 11) is 0. The van der Waals surface area contributed by atoms with Gasteiger partial charge in [0, 0.05) is 18.1 Å². The fourth-order valence-electron chi connectivity index (χ4n) is 1.27. The van der Waals surface area contributed by atoms with E-state index in [9.17, 15) is 9.18 Å². The van der Waals surface area contributed by atoms with Crippen molar-refractivity contribution in [3.05, 3.63) is 42.0 Å². The van der Waals surface area contributed by atoms with Crippen LogP contribution >= 0.6 is 11.8 Å². The Morgan fingerprint density at radius 2 is 2.00 bits per heavy atom. The Morgan fingerprint density at radius 3 is 2.61 bits per heavy atom. The number of nitrogens with two attached hydrogens (primary N) is 1. The Balaban J connectivity index is 2.39. The molecule has 0 aliphatic rings. The minimum absolute atomic E-state index is 0.113. The van der Waals surface area contributed by atoms with E-state index in [4.69, 9.17) is 10.8 Å². The molecule has 0 radical (unpaired) electrons. The molecule has 5 nitrogen and oxygen atoms in total. The highest BCUT2D eigenvalue weighted by Gasteiger charge is 2.14. The second-order valence-corrected chi connectivity index (χ2v) is 4.32. The van der Waals surface area contributed by atoms with Gasteiger partial charge in [-0.3, -0.25) is 0 Å². The number of nitrogens with zero attached hydrogens (tertiary/aromatic N) is 2. The first-order valence-electron chi connectivity index (χ1n) is 4.85. The van der Waals surface area contributed by atoms with Crippen molar-refractivity contribution < 1.29 is 14.3 Å². The third-order valence-electron chi connectivity index (χ3n) is 2.08. The van der Waals surface area contributed by atoms with Gasteiger partial charge in [0.15, 0.2) is 5.16 Å². The van der Waals surface area contributed by atoms with E-state index in [1.807, 2.05) is 0 Å². The van der Waals surface area contributed by atoms with Crippen LogP contribution in [0.5, 0.6) is 0 Å². The lowest BCUT2D eigenvalue weighted by Gasteiger charge is -2.06. The maximum atomic E-state index is 13.6. The molecule has 1 aromatic carbocycles. The third kappa shape index (κ3) is 2.57. The van der Waals surface area contributed by atoms with Crippen molar-refractivity contribution >= 4 is 23.4 Å². The van der Waals surface area contributed by atoms with Crippen LogP contribution in [0.3, 0.4) is 0 Å². The van der Waals surface area contributed by atoms with Crippen LogP contribution in [0.1, 0.15) is 10.4 Å². The predicted octanol–water partition coefficient (Wildman–Crippen LogP) is 2.05. The number of carboxylic acids is 1. The molecule has 3 N–H and O–H groups in total. The van der Waals surface area contributed by atoms with Crippen LogP contribution in [0.4, 0.5) is 10.1 Å². The fraction of sp³-hybridized carbons (Fsp3) is 0. The normalized spacial score (nSPS) is 10.3. The maximum absolute atomic E-state index is 13.6. The van der Waals surface area contributed by atoms with E-state index in [1.165, 1.54) is 18.5 Å². The monoisotopic (exact) mass is 265 g/mol. The van der Waals surface area contributed by atoms with Gasteiger partial charge in [0.05, 0.1) is 10.5 Å². The summed E-state index contributed by atoms with van der Waals surface area (Å²) in [4.78, 5) is 18.9. The number of nitrogen functional groups attached to an aromatic ring is 1. The van der Waals surface area contributed by atoms with E-state index in [2.05, 4.69) is 9.97 Å². The van der Waals surface area contributed by atoms with E-state index in [0.29, 0.717) is 5.16 Å². The van der Waals surface area contributed by atoms with Gasteiger partial charge in [-0.15, -0.1) is 0 Å². The van der Waals surface area contributed by atoms with Crippen molar-refractivity contribution in [2.75, 3.05) is 5.73 Å². The van der Waals surface area contributed by atoms with Gasteiger partial charge < -0.3 is 10.8 Å². The lowest BCUT2D eigenvalue weighted by molar-refractivity contribution is 0.0697. The first-order chi connectivity index (χ1) is 8.58. The molecule has 0 bridgehead atoms.